The third-order valence-corrected chi connectivity index (χ3v) is 10.4. The Morgan fingerprint density at radius 3 is 2.35 bits per heavy atom. The highest BCUT2D eigenvalue weighted by molar-refractivity contribution is 6.10. The molecule has 9 nitrogen and oxygen atoms in total. The molecular formula is C41H42FN3O6. The standard InChI is InChI=1S/C41H42FN3O6/c1-40(16-7-17-40)25-44-37(46)31-13-12-26(23-43)20-34(31)45-38(47)32-21-36(33(42)22-35(32)49-3)51-29-14-18-41(2,19-15-29)39(48)50-24-28-10-6-9-27-8-4-5-11-30(27)28/h4-6,8-13,20-22,29H,7,14-19,24-25H2,1-3H3,(H,44,46)(H,45,47)/t29-,41+. The van der Waals surface area contributed by atoms with Crippen LogP contribution in [0.1, 0.15) is 90.6 Å². The predicted molar refractivity (Wildman–Crippen MR) is 191 cm³/mol. The van der Waals surface area contributed by atoms with Crippen molar-refractivity contribution in [1.29, 1.82) is 5.26 Å². The predicted octanol–water partition coefficient (Wildman–Crippen LogP) is 8.10. The number of benzene rings is 4. The molecule has 4 aromatic carbocycles. The van der Waals surface area contributed by atoms with Crippen LogP contribution in [0.3, 0.4) is 0 Å². The van der Waals surface area contributed by atoms with Crippen molar-refractivity contribution >= 4 is 34.2 Å². The van der Waals surface area contributed by atoms with E-state index in [1.807, 2.05) is 55.5 Å². The zero-order valence-corrected chi connectivity index (χ0v) is 29.1. The summed E-state index contributed by atoms with van der Waals surface area (Å²) in [5, 5.41) is 17.3. The Bertz CT molecular complexity index is 2000. The summed E-state index contributed by atoms with van der Waals surface area (Å²) in [6.45, 7) is 4.67. The van der Waals surface area contributed by atoms with Crippen LogP contribution in [0.4, 0.5) is 10.1 Å². The van der Waals surface area contributed by atoms with Crippen molar-refractivity contribution in [1.82, 2.24) is 5.32 Å². The van der Waals surface area contributed by atoms with Gasteiger partial charge in [-0.1, -0.05) is 55.8 Å². The lowest BCUT2D eigenvalue weighted by Gasteiger charge is -2.38. The molecule has 6 rings (SSSR count). The average molecular weight is 692 g/mol. The highest BCUT2D eigenvalue weighted by atomic mass is 19.1. The zero-order chi connectivity index (χ0) is 36.2. The minimum Gasteiger partial charge on any atom is -0.496 e. The van der Waals surface area contributed by atoms with Crippen LogP contribution in [0.25, 0.3) is 10.8 Å². The number of methoxy groups -OCH3 is 1. The average Bonchev–Trinajstić information content (AvgIpc) is 3.13. The number of halogens is 1. The summed E-state index contributed by atoms with van der Waals surface area (Å²) >= 11 is 0. The molecule has 10 heteroatoms. The summed E-state index contributed by atoms with van der Waals surface area (Å²) in [5.74, 6) is -2.19. The van der Waals surface area contributed by atoms with Crippen LogP contribution in [0.2, 0.25) is 0 Å². The molecule has 0 bridgehead atoms. The number of anilines is 1. The van der Waals surface area contributed by atoms with E-state index >= 15 is 4.39 Å². The Kier molecular flexibility index (Phi) is 10.3. The smallest absolute Gasteiger partial charge is 0.312 e. The first-order chi connectivity index (χ1) is 24.5. The number of amides is 2. The van der Waals surface area contributed by atoms with Gasteiger partial charge in [0.1, 0.15) is 12.4 Å². The fourth-order valence-corrected chi connectivity index (χ4v) is 6.89. The van der Waals surface area contributed by atoms with Crippen molar-refractivity contribution in [2.75, 3.05) is 19.0 Å². The molecule has 2 fully saturated rings. The van der Waals surface area contributed by atoms with Crippen LogP contribution in [0.15, 0.2) is 72.8 Å². The molecule has 2 aliphatic rings. The number of fused-ring (bicyclic) bond motifs is 1. The Balaban J connectivity index is 1.11. The number of carbonyl (C=O) groups is 3. The van der Waals surface area contributed by atoms with Crippen LogP contribution in [-0.2, 0) is 16.1 Å². The lowest BCUT2D eigenvalue weighted by molar-refractivity contribution is -0.159. The van der Waals surface area contributed by atoms with E-state index in [0.29, 0.717) is 32.2 Å². The lowest BCUT2D eigenvalue weighted by atomic mass is 9.70. The van der Waals surface area contributed by atoms with Crippen LogP contribution in [0.5, 0.6) is 11.5 Å². The number of hydrogen-bond acceptors (Lipinski definition) is 7. The molecular weight excluding hydrogens is 649 g/mol. The van der Waals surface area contributed by atoms with E-state index in [2.05, 4.69) is 17.6 Å². The van der Waals surface area contributed by atoms with Gasteiger partial charge in [-0.05, 0) is 91.5 Å². The van der Waals surface area contributed by atoms with E-state index < -0.39 is 23.2 Å². The highest BCUT2D eigenvalue weighted by Crippen LogP contribution is 2.41. The number of nitrogens with zero attached hydrogens (tertiary/aromatic N) is 1. The topological polar surface area (TPSA) is 127 Å². The van der Waals surface area contributed by atoms with Gasteiger partial charge in [-0.25, -0.2) is 4.39 Å². The van der Waals surface area contributed by atoms with Gasteiger partial charge in [0, 0.05) is 12.6 Å². The van der Waals surface area contributed by atoms with Crippen LogP contribution in [-0.4, -0.2) is 37.5 Å². The number of nitriles is 1. The molecule has 0 unspecified atom stereocenters. The van der Waals surface area contributed by atoms with Gasteiger partial charge in [0.25, 0.3) is 11.8 Å². The van der Waals surface area contributed by atoms with Gasteiger partial charge in [-0.15, -0.1) is 0 Å². The van der Waals surface area contributed by atoms with Crippen molar-refractivity contribution in [3.8, 4) is 17.6 Å². The van der Waals surface area contributed by atoms with Gasteiger partial charge in [0.15, 0.2) is 11.6 Å². The molecule has 0 atom stereocenters. The summed E-state index contributed by atoms with van der Waals surface area (Å²) in [4.78, 5) is 40.1. The maximum atomic E-state index is 15.3. The molecule has 51 heavy (non-hydrogen) atoms. The minimum absolute atomic E-state index is 0.0118. The summed E-state index contributed by atoms with van der Waals surface area (Å²) in [6.07, 6.45) is 4.69. The fraction of sp³-hybridized carbons (Fsp3) is 0.366. The Hall–Kier alpha value is -5.43. The van der Waals surface area contributed by atoms with Crippen molar-refractivity contribution in [2.24, 2.45) is 10.8 Å². The quantitative estimate of drug-likeness (QED) is 0.152. The second-order valence-corrected chi connectivity index (χ2v) is 14.2. The Morgan fingerprint density at radius 2 is 1.65 bits per heavy atom. The maximum absolute atomic E-state index is 15.3. The van der Waals surface area contributed by atoms with Gasteiger partial charge < -0.3 is 24.8 Å². The first-order valence-corrected chi connectivity index (χ1v) is 17.3. The van der Waals surface area contributed by atoms with Crippen LogP contribution in [0, 0.1) is 28.0 Å². The fourth-order valence-electron chi connectivity index (χ4n) is 6.89. The summed E-state index contributed by atoms with van der Waals surface area (Å²) in [5.41, 5.74) is 0.846. The van der Waals surface area contributed by atoms with E-state index in [-0.39, 0.29) is 57.8 Å². The number of esters is 1. The molecule has 4 aromatic rings. The second kappa shape index (κ2) is 14.8. The molecule has 2 aliphatic carbocycles. The maximum Gasteiger partial charge on any atom is 0.312 e. The minimum atomic E-state index is -0.717. The second-order valence-electron chi connectivity index (χ2n) is 14.2. The van der Waals surface area contributed by atoms with E-state index in [0.717, 1.165) is 41.7 Å². The Morgan fingerprint density at radius 1 is 0.902 bits per heavy atom. The SMILES string of the molecule is COc1cc(F)c(O[C@H]2CC[C@@](C)(C(=O)OCc3cccc4ccccc34)CC2)cc1C(=O)Nc1cc(C#N)ccc1C(=O)NCC1(C)CCC1. The van der Waals surface area contributed by atoms with Crippen molar-refractivity contribution in [3.05, 3.63) is 101 Å². The van der Waals surface area contributed by atoms with Crippen molar-refractivity contribution in [3.63, 3.8) is 0 Å². The van der Waals surface area contributed by atoms with Gasteiger partial charge in [-0.2, -0.15) is 5.26 Å². The van der Waals surface area contributed by atoms with Gasteiger partial charge in [0.2, 0.25) is 0 Å². The molecule has 0 spiro atoms. The normalized spacial score (nSPS) is 19.2. The molecule has 264 valence electrons. The van der Waals surface area contributed by atoms with Gasteiger partial charge in [0.05, 0.1) is 47.1 Å². The Labute approximate surface area is 297 Å². The first-order valence-electron chi connectivity index (χ1n) is 17.3. The van der Waals surface area contributed by atoms with Crippen LogP contribution < -0.4 is 20.1 Å². The molecule has 0 heterocycles. The van der Waals surface area contributed by atoms with E-state index in [1.54, 1.807) is 0 Å². The van der Waals surface area contributed by atoms with Crippen LogP contribution >= 0.6 is 0 Å². The largest absolute Gasteiger partial charge is 0.496 e. The summed E-state index contributed by atoms with van der Waals surface area (Å²) in [6, 6.07) is 22.7. The molecule has 0 saturated heterocycles. The van der Waals surface area contributed by atoms with Crippen molar-refractivity contribution < 1.29 is 33.0 Å². The molecule has 0 aromatic heterocycles. The van der Waals surface area contributed by atoms with E-state index in [4.69, 9.17) is 14.2 Å². The third kappa shape index (κ3) is 7.83. The molecule has 2 saturated carbocycles. The number of rotatable bonds is 11. The summed E-state index contributed by atoms with van der Waals surface area (Å²) < 4.78 is 32.5. The third-order valence-electron chi connectivity index (χ3n) is 10.4. The molecule has 0 radical (unpaired) electrons. The molecule has 2 amide bonds. The van der Waals surface area contributed by atoms with Crippen molar-refractivity contribution in [2.45, 2.75) is 71.5 Å². The number of hydrogen-bond donors (Lipinski definition) is 2. The molecule has 2 N–H and O–H groups in total. The number of nitrogens with one attached hydrogen (secondary N) is 2. The molecule has 0 aliphatic heterocycles. The monoisotopic (exact) mass is 691 g/mol. The first kappa shape index (κ1) is 35.4. The van der Waals surface area contributed by atoms with Gasteiger partial charge in [-0.3, -0.25) is 14.4 Å². The van der Waals surface area contributed by atoms with E-state index in [1.165, 1.54) is 31.4 Å². The lowest BCUT2D eigenvalue weighted by Crippen LogP contribution is -2.40. The van der Waals surface area contributed by atoms with E-state index in [9.17, 15) is 19.6 Å². The zero-order valence-electron chi connectivity index (χ0n) is 29.1. The highest BCUT2D eigenvalue weighted by Gasteiger charge is 2.40. The number of carbonyl (C=O) groups excluding carboxylic acids is 3. The van der Waals surface area contributed by atoms with Gasteiger partial charge >= 0.3 is 5.97 Å². The number of ether oxygens (including phenoxy) is 3. The summed E-state index contributed by atoms with van der Waals surface area (Å²) in [7, 11) is 1.32.